The van der Waals surface area contributed by atoms with E-state index >= 15 is 0 Å². The molecule has 0 bridgehead atoms. The van der Waals surface area contributed by atoms with Gasteiger partial charge in [0.2, 0.25) is 11.1 Å². The van der Waals surface area contributed by atoms with Gasteiger partial charge in [0.15, 0.2) is 0 Å². The number of nitrogens with one attached hydrogen (secondary N) is 2. The molecule has 0 unspecified atom stereocenters. The molecule has 1 amide bonds. The lowest BCUT2D eigenvalue weighted by Gasteiger charge is -2.06. The number of thiophene rings is 1. The number of thioether (sulfide) groups is 1. The first-order valence-electron chi connectivity index (χ1n) is 7.31. The molecule has 0 saturated heterocycles. The van der Waals surface area contributed by atoms with Crippen LogP contribution in [0.15, 0.2) is 45.3 Å². The molecule has 8 nitrogen and oxygen atoms in total. The molecule has 0 aliphatic rings. The second-order valence-corrected chi connectivity index (χ2v) is 7.91. The van der Waals surface area contributed by atoms with Gasteiger partial charge in [-0.15, -0.1) is 16.4 Å². The van der Waals surface area contributed by atoms with Crippen LogP contribution >= 0.6 is 39.0 Å². The highest BCUT2D eigenvalue weighted by molar-refractivity contribution is 9.10. The number of carbonyl (C=O) groups excluding carboxylic acids is 1. The van der Waals surface area contributed by atoms with Crippen molar-refractivity contribution in [1.82, 2.24) is 15.2 Å². The maximum atomic E-state index is 12.1. The molecular formula is C15H12BrN5O3S2. The fourth-order valence-electron chi connectivity index (χ4n) is 2.03. The minimum atomic E-state index is -0.497. The van der Waals surface area contributed by atoms with Gasteiger partial charge < -0.3 is 5.32 Å². The van der Waals surface area contributed by atoms with Crippen molar-refractivity contribution in [3.63, 3.8) is 0 Å². The van der Waals surface area contributed by atoms with Crippen LogP contribution in [0, 0.1) is 10.1 Å². The monoisotopic (exact) mass is 453 g/mol. The summed E-state index contributed by atoms with van der Waals surface area (Å²) in [6.45, 7) is 0. The average molecular weight is 454 g/mol. The van der Waals surface area contributed by atoms with Gasteiger partial charge in [0.25, 0.3) is 5.69 Å². The zero-order valence-electron chi connectivity index (χ0n) is 13.1. The number of non-ortho nitro benzene ring substituents is 1. The number of anilines is 1. The molecule has 3 rings (SSSR count). The summed E-state index contributed by atoms with van der Waals surface area (Å²) in [5.74, 6) is 0.613. The third kappa shape index (κ3) is 4.90. The van der Waals surface area contributed by atoms with Crippen LogP contribution in [-0.4, -0.2) is 31.8 Å². The largest absolute Gasteiger partial charge is 0.324 e. The lowest BCUT2D eigenvalue weighted by molar-refractivity contribution is -0.384. The highest BCUT2D eigenvalue weighted by atomic mass is 79.9. The quantitative estimate of drug-likeness (QED) is 0.318. The van der Waals surface area contributed by atoms with Crippen LogP contribution in [0.25, 0.3) is 0 Å². The van der Waals surface area contributed by atoms with E-state index in [9.17, 15) is 14.9 Å². The molecule has 134 valence electrons. The third-order valence-electron chi connectivity index (χ3n) is 3.20. The van der Waals surface area contributed by atoms with Crippen LogP contribution in [0.1, 0.15) is 10.7 Å². The average Bonchev–Trinajstić information content (AvgIpc) is 3.27. The summed E-state index contributed by atoms with van der Waals surface area (Å²) in [6, 6.07) is 8.16. The van der Waals surface area contributed by atoms with E-state index in [1.807, 2.05) is 17.5 Å². The van der Waals surface area contributed by atoms with Gasteiger partial charge in [-0.2, -0.15) is 0 Å². The first-order valence-corrected chi connectivity index (χ1v) is 9.97. The van der Waals surface area contributed by atoms with Crippen LogP contribution in [0.4, 0.5) is 11.4 Å². The number of rotatable bonds is 7. The Morgan fingerprint density at radius 3 is 2.96 bits per heavy atom. The normalized spacial score (nSPS) is 10.7. The zero-order valence-corrected chi connectivity index (χ0v) is 16.4. The first-order chi connectivity index (χ1) is 12.5. The minimum absolute atomic E-state index is 0.0526. The van der Waals surface area contributed by atoms with Gasteiger partial charge in [-0.3, -0.25) is 20.0 Å². The van der Waals surface area contributed by atoms with Crippen LogP contribution < -0.4 is 5.32 Å². The predicted molar refractivity (Wildman–Crippen MR) is 104 cm³/mol. The number of carbonyl (C=O) groups is 1. The van der Waals surface area contributed by atoms with E-state index < -0.39 is 4.92 Å². The molecule has 2 heterocycles. The van der Waals surface area contributed by atoms with E-state index in [2.05, 4.69) is 36.4 Å². The lowest BCUT2D eigenvalue weighted by atomic mass is 10.3. The van der Waals surface area contributed by atoms with Crippen LogP contribution in [0.3, 0.4) is 0 Å². The maximum absolute atomic E-state index is 12.1. The zero-order chi connectivity index (χ0) is 18.5. The highest BCUT2D eigenvalue weighted by Gasteiger charge is 2.13. The van der Waals surface area contributed by atoms with Gasteiger partial charge >= 0.3 is 0 Å². The van der Waals surface area contributed by atoms with Crippen molar-refractivity contribution < 1.29 is 9.72 Å². The van der Waals surface area contributed by atoms with Crippen LogP contribution in [-0.2, 0) is 11.2 Å². The number of halogens is 1. The molecule has 3 aromatic rings. The highest BCUT2D eigenvalue weighted by Crippen LogP contribution is 2.27. The van der Waals surface area contributed by atoms with E-state index in [0.717, 1.165) is 5.82 Å². The summed E-state index contributed by atoms with van der Waals surface area (Å²) >= 11 is 6.07. The Bertz CT molecular complexity index is 929. The summed E-state index contributed by atoms with van der Waals surface area (Å²) in [5.41, 5.74) is 0.415. The minimum Gasteiger partial charge on any atom is -0.324 e. The van der Waals surface area contributed by atoms with E-state index in [0.29, 0.717) is 21.7 Å². The van der Waals surface area contributed by atoms with E-state index in [-0.39, 0.29) is 17.3 Å². The maximum Gasteiger partial charge on any atom is 0.270 e. The number of hydrogen-bond acceptors (Lipinski definition) is 7. The fourth-order valence-corrected chi connectivity index (χ4v) is 3.83. The van der Waals surface area contributed by atoms with Gasteiger partial charge in [-0.1, -0.05) is 17.8 Å². The Morgan fingerprint density at radius 1 is 1.42 bits per heavy atom. The molecule has 0 aliphatic heterocycles. The Balaban J connectivity index is 1.53. The van der Waals surface area contributed by atoms with Crippen molar-refractivity contribution in [2.75, 3.05) is 11.1 Å². The summed E-state index contributed by atoms with van der Waals surface area (Å²) < 4.78 is 0.446. The Hall–Kier alpha value is -2.24. The van der Waals surface area contributed by atoms with E-state index in [1.165, 1.54) is 34.8 Å². The number of aromatic nitrogens is 3. The number of aromatic amines is 1. The molecule has 1 aromatic carbocycles. The number of nitrogens with zero attached hydrogens (tertiary/aromatic N) is 3. The van der Waals surface area contributed by atoms with Crippen molar-refractivity contribution in [3.05, 3.63) is 61.0 Å². The Labute approximate surface area is 164 Å². The van der Waals surface area contributed by atoms with Crippen LogP contribution in [0.2, 0.25) is 0 Å². The van der Waals surface area contributed by atoms with Gasteiger partial charge in [-0.25, -0.2) is 4.98 Å². The van der Waals surface area contributed by atoms with Gasteiger partial charge in [0.05, 0.1) is 16.4 Å². The number of nitro benzene ring substituents is 1. The SMILES string of the molecule is O=C(CSc1n[nH]c(Cc2cccs2)n1)Nc1ccc([N+](=O)[O-])cc1Br. The van der Waals surface area contributed by atoms with Crippen molar-refractivity contribution in [2.24, 2.45) is 0 Å². The molecule has 26 heavy (non-hydrogen) atoms. The van der Waals surface area contributed by atoms with Gasteiger partial charge in [0.1, 0.15) is 5.82 Å². The molecule has 0 fully saturated rings. The number of nitro groups is 1. The van der Waals surface area contributed by atoms with E-state index in [1.54, 1.807) is 11.3 Å². The molecular weight excluding hydrogens is 442 g/mol. The molecule has 0 spiro atoms. The molecule has 11 heteroatoms. The smallest absolute Gasteiger partial charge is 0.270 e. The van der Waals surface area contributed by atoms with Gasteiger partial charge in [-0.05, 0) is 33.4 Å². The van der Waals surface area contributed by atoms with Gasteiger partial charge in [0, 0.05) is 27.9 Å². The number of H-pyrrole nitrogens is 1. The molecule has 0 radical (unpaired) electrons. The third-order valence-corrected chi connectivity index (χ3v) is 5.58. The van der Waals surface area contributed by atoms with Crippen molar-refractivity contribution in [2.45, 2.75) is 11.6 Å². The second-order valence-electron chi connectivity index (χ2n) is 5.08. The van der Waals surface area contributed by atoms with Crippen molar-refractivity contribution in [1.29, 1.82) is 0 Å². The van der Waals surface area contributed by atoms with E-state index in [4.69, 9.17) is 0 Å². The first kappa shape index (κ1) is 18.5. The number of benzene rings is 1. The fraction of sp³-hybridized carbons (Fsp3) is 0.133. The van der Waals surface area contributed by atoms with Crippen molar-refractivity contribution >= 4 is 56.3 Å². The topological polar surface area (TPSA) is 114 Å². The van der Waals surface area contributed by atoms with Crippen LogP contribution in [0.5, 0.6) is 0 Å². The Morgan fingerprint density at radius 2 is 2.27 bits per heavy atom. The summed E-state index contributed by atoms with van der Waals surface area (Å²) in [7, 11) is 0. The lowest BCUT2D eigenvalue weighted by Crippen LogP contribution is -2.14. The molecule has 0 saturated carbocycles. The predicted octanol–water partition coefficient (Wildman–Crippen LogP) is 3.86. The summed E-state index contributed by atoms with van der Waals surface area (Å²) in [6.07, 6.45) is 0.674. The number of amides is 1. The standard InChI is InChI=1S/C15H12BrN5O3S2/c16-11-6-9(21(23)24)3-4-12(11)17-14(22)8-26-15-18-13(19-20-15)7-10-2-1-5-25-10/h1-6H,7-8H2,(H,17,22)(H,18,19,20). The second kappa shape index (κ2) is 8.43. The molecule has 2 N–H and O–H groups in total. The molecule has 0 atom stereocenters. The molecule has 0 aliphatic carbocycles. The summed E-state index contributed by atoms with van der Waals surface area (Å²) in [5, 5.41) is 22.9. The van der Waals surface area contributed by atoms with Crippen molar-refractivity contribution in [3.8, 4) is 0 Å². The number of hydrogen-bond donors (Lipinski definition) is 2. The summed E-state index contributed by atoms with van der Waals surface area (Å²) in [4.78, 5) is 27.8. The Kier molecular flexibility index (Phi) is 6.01. The molecule has 2 aromatic heterocycles.